The molecule has 0 spiro atoms. The molecule has 0 heterocycles. The summed E-state index contributed by atoms with van der Waals surface area (Å²) in [4.78, 5) is 0. The summed E-state index contributed by atoms with van der Waals surface area (Å²) in [5, 5.41) is 25.5. The van der Waals surface area contributed by atoms with Crippen LogP contribution in [-0.4, -0.2) is 18.0 Å². The van der Waals surface area contributed by atoms with Crippen molar-refractivity contribution in [3.8, 4) is 11.5 Å². The van der Waals surface area contributed by atoms with Crippen molar-refractivity contribution in [2.24, 2.45) is 0 Å². The first kappa shape index (κ1) is 29.9. The van der Waals surface area contributed by atoms with Gasteiger partial charge in [0.25, 0.3) is 0 Å². The van der Waals surface area contributed by atoms with Crippen LogP contribution in [0.4, 0.5) is 0 Å². The Morgan fingerprint density at radius 3 is 1.23 bits per heavy atom. The maximum Gasteiger partial charge on any atom is 0.126 e. The van der Waals surface area contributed by atoms with Crippen molar-refractivity contribution in [3.63, 3.8) is 0 Å². The molecule has 0 unspecified atom stereocenters. The van der Waals surface area contributed by atoms with Gasteiger partial charge in [-0.3, -0.25) is 0 Å². The molecule has 2 rings (SSSR count). The standard InChI is InChI=1S/C31H51O2PSi/c1-8-12-16-24-20-26(18-14-10-3)30(32)28(22-24)34(35(5,6)7)29-23-25(17-13-9-2)21-27(31(29)33)19-15-11-4/h20-23,32-33H,8-19H2,1-7H3. The Labute approximate surface area is 218 Å². The van der Waals surface area contributed by atoms with E-state index in [1.807, 2.05) is 0 Å². The summed E-state index contributed by atoms with van der Waals surface area (Å²) in [7, 11) is -2.62. The van der Waals surface area contributed by atoms with Crippen molar-refractivity contribution in [3.05, 3.63) is 46.5 Å². The molecule has 0 radical (unpaired) electrons. The summed E-state index contributed by atoms with van der Waals surface area (Å²) >= 11 is 0. The van der Waals surface area contributed by atoms with Gasteiger partial charge in [0.15, 0.2) is 0 Å². The van der Waals surface area contributed by atoms with E-state index in [1.165, 1.54) is 36.8 Å². The molecule has 2 N–H and O–H groups in total. The van der Waals surface area contributed by atoms with E-state index < -0.39 is 15.2 Å². The lowest BCUT2D eigenvalue weighted by molar-refractivity contribution is 0.470. The summed E-state index contributed by atoms with van der Waals surface area (Å²) in [5.41, 5.74) is 4.91. The summed E-state index contributed by atoms with van der Waals surface area (Å²) < 4.78 is 0. The van der Waals surface area contributed by atoms with Crippen LogP contribution in [0.15, 0.2) is 24.3 Å². The lowest BCUT2D eigenvalue weighted by atomic mass is 10.0. The van der Waals surface area contributed by atoms with E-state index in [4.69, 9.17) is 0 Å². The lowest BCUT2D eigenvalue weighted by Crippen LogP contribution is -2.32. The number of hydrogen-bond acceptors (Lipinski definition) is 2. The number of phenols is 2. The third kappa shape index (κ3) is 8.36. The normalized spacial score (nSPS) is 12.0. The van der Waals surface area contributed by atoms with Crippen molar-refractivity contribution < 1.29 is 10.2 Å². The van der Waals surface area contributed by atoms with Crippen LogP contribution < -0.4 is 10.6 Å². The van der Waals surface area contributed by atoms with E-state index >= 15 is 0 Å². The van der Waals surface area contributed by atoms with Gasteiger partial charge in [-0.1, -0.05) is 92.6 Å². The highest BCUT2D eigenvalue weighted by Crippen LogP contribution is 2.50. The number of unbranched alkanes of at least 4 members (excludes halogenated alkanes) is 4. The first-order valence-electron chi connectivity index (χ1n) is 14.2. The highest BCUT2D eigenvalue weighted by Gasteiger charge is 2.35. The fourth-order valence-corrected chi connectivity index (χ4v) is 13.2. The third-order valence-electron chi connectivity index (χ3n) is 6.85. The quantitative estimate of drug-likeness (QED) is 0.184. The van der Waals surface area contributed by atoms with Crippen LogP contribution in [0, 0.1) is 0 Å². The van der Waals surface area contributed by atoms with Crippen molar-refractivity contribution in [2.75, 3.05) is 0 Å². The number of phenolic OH excluding ortho intramolecular Hbond substituents is 2. The second kappa shape index (κ2) is 14.4. The molecule has 2 nitrogen and oxygen atoms in total. The smallest absolute Gasteiger partial charge is 0.126 e. The Kier molecular flexibility index (Phi) is 12.3. The van der Waals surface area contributed by atoms with Gasteiger partial charge in [-0.05, 0) is 85.8 Å². The minimum Gasteiger partial charge on any atom is -0.507 e. The Morgan fingerprint density at radius 2 is 0.914 bits per heavy atom. The first-order chi connectivity index (χ1) is 16.7. The Bertz CT molecular complexity index is 863. The molecule has 0 saturated carbocycles. The predicted molar refractivity (Wildman–Crippen MR) is 160 cm³/mol. The molecule has 4 heteroatoms. The van der Waals surface area contributed by atoms with Crippen molar-refractivity contribution in [1.82, 2.24) is 0 Å². The molecular formula is C31H51O2PSi. The molecule has 0 bridgehead atoms. The average molecular weight is 515 g/mol. The van der Waals surface area contributed by atoms with Crippen LogP contribution in [0.3, 0.4) is 0 Å². The molecular weight excluding hydrogens is 463 g/mol. The number of rotatable bonds is 15. The van der Waals surface area contributed by atoms with Crippen LogP contribution in [0.25, 0.3) is 0 Å². The molecule has 0 aliphatic heterocycles. The molecule has 0 amide bonds. The van der Waals surface area contributed by atoms with Crippen LogP contribution in [-0.2, 0) is 25.7 Å². The summed E-state index contributed by atoms with van der Waals surface area (Å²) in [5.74, 6) is 1.00. The first-order valence-corrected chi connectivity index (χ1v) is 19.9. The van der Waals surface area contributed by atoms with E-state index in [0.717, 1.165) is 73.1 Å². The van der Waals surface area contributed by atoms with Gasteiger partial charge < -0.3 is 10.2 Å². The van der Waals surface area contributed by atoms with E-state index in [2.05, 4.69) is 71.6 Å². The Morgan fingerprint density at radius 1 is 0.571 bits per heavy atom. The maximum absolute atomic E-state index is 11.6. The fourth-order valence-electron chi connectivity index (χ4n) is 4.84. The molecule has 0 atom stereocenters. The van der Waals surface area contributed by atoms with Gasteiger partial charge in [0.2, 0.25) is 0 Å². The zero-order chi connectivity index (χ0) is 26.0. The van der Waals surface area contributed by atoms with Crippen LogP contribution >= 0.6 is 7.47 Å². The van der Waals surface area contributed by atoms with E-state index in [9.17, 15) is 10.2 Å². The predicted octanol–water partition coefficient (Wildman–Crippen LogP) is 8.74. The minimum atomic E-state index is -1.80. The maximum atomic E-state index is 11.6. The lowest BCUT2D eigenvalue weighted by Gasteiger charge is -2.33. The van der Waals surface area contributed by atoms with Crippen molar-refractivity contribution in [1.29, 1.82) is 0 Å². The average Bonchev–Trinajstić information content (AvgIpc) is 2.81. The van der Waals surface area contributed by atoms with Gasteiger partial charge in [-0.25, -0.2) is 0 Å². The van der Waals surface area contributed by atoms with Gasteiger partial charge in [-0.15, -0.1) is 0 Å². The highest BCUT2D eigenvalue weighted by atomic mass is 31.4. The number of hydrogen-bond donors (Lipinski definition) is 2. The largest absolute Gasteiger partial charge is 0.507 e. The topological polar surface area (TPSA) is 40.5 Å². The van der Waals surface area contributed by atoms with Gasteiger partial charge in [0.05, 0.1) is 7.74 Å². The second-order valence-electron chi connectivity index (χ2n) is 11.2. The van der Waals surface area contributed by atoms with Gasteiger partial charge >= 0.3 is 0 Å². The van der Waals surface area contributed by atoms with Crippen LogP contribution in [0.2, 0.25) is 19.6 Å². The molecule has 196 valence electrons. The highest BCUT2D eigenvalue weighted by molar-refractivity contribution is 8.04. The van der Waals surface area contributed by atoms with Gasteiger partial charge in [0.1, 0.15) is 11.5 Å². The van der Waals surface area contributed by atoms with Crippen molar-refractivity contribution in [2.45, 2.75) is 124 Å². The molecule has 2 aromatic rings. The Balaban J connectivity index is 2.76. The Hall–Kier alpha value is -1.31. The van der Waals surface area contributed by atoms with Crippen LogP contribution in [0.1, 0.15) is 101 Å². The summed E-state index contributed by atoms with van der Waals surface area (Å²) in [6.07, 6.45) is 13.1. The fraction of sp³-hybridized carbons (Fsp3) is 0.613. The minimum absolute atomic E-state index is 0.501. The third-order valence-corrected chi connectivity index (χ3v) is 15.3. The van der Waals surface area contributed by atoms with Gasteiger partial charge in [-0.2, -0.15) is 0 Å². The van der Waals surface area contributed by atoms with Crippen LogP contribution in [0.5, 0.6) is 11.5 Å². The number of benzene rings is 2. The van der Waals surface area contributed by atoms with E-state index in [1.54, 1.807) is 0 Å². The van der Waals surface area contributed by atoms with E-state index in [0.29, 0.717) is 11.5 Å². The summed E-state index contributed by atoms with van der Waals surface area (Å²) in [6, 6.07) is 9.11. The molecule has 0 aliphatic rings. The molecule has 2 aromatic carbocycles. The zero-order valence-corrected chi connectivity index (χ0v) is 25.5. The van der Waals surface area contributed by atoms with Gasteiger partial charge in [0, 0.05) is 10.6 Å². The molecule has 0 aromatic heterocycles. The number of aromatic hydroxyl groups is 2. The van der Waals surface area contributed by atoms with Crippen molar-refractivity contribution >= 4 is 25.8 Å². The second-order valence-corrected chi connectivity index (χ2v) is 22.5. The molecule has 35 heavy (non-hydrogen) atoms. The SMILES string of the molecule is CCCCc1cc(CCCC)c(O)c(P(c2cc(CCCC)cc(CCCC)c2O)[Si](C)(C)C)c1. The molecule has 0 aliphatic carbocycles. The molecule has 0 saturated heterocycles. The number of aryl methyl sites for hydroxylation is 4. The zero-order valence-electron chi connectivity index (χ0n) is 23.6. The summed E-state index contributed by atoms with van der Waals surface area (Å²) in [6.45, 7) is 16.1. The van der Waals surface area contributed by atoms with E-state index in [-0.39, 0.29) is 0 Å². The molecule has 0 fully saturated rings. The monoisotopic (exact) mass is 514 g/mol.